The maximum atomic E-state index is 11.9. The third kappa shape index (κ3) is 2.43. The van der Waals surface area contributed by atoms with Crippen LogP contribution in [0.15, 0.2) is 0 Å². The highest BCUT2D eigenvalue weighted by molar-refractivity contribution is 5.74. The van der Waals surface area contributed by atoms with E-state index in [4.69, 9.17) is 5.11 Å². The van der Waals surface area contributed by atoms with E-state index in [0.717, 1.165) is 45.3 Å². The first kappa shape index (κ1) is 10.7. The first-order valence-corrected chi connectivity index (χ1v) is 5.85. The SMILES string of the molecule is CN(CC1CC(O)C1)C(=O)N1CCCC1. The predicted octanol–water partition coefficient (Wildman–Crippen LogP) is 0.905. The van der Waals surface area contributed by atoms with Gasteiger partial charge in [0.05, 0.1) is 6.10 Å². The van der Waals surface area contributed by atoms with E-state index in [-0.39, 0.29) is 12.1 Å². The number of hydrogen-bond acceptors (Lipinski definition) is 2. The molecule has 0 atom stereocenters. The molecule has 0 bridgehead atoms. The molecule has 2 rings (SSSR count). The standard InChI is InChI=1S/C11H20N2O2/c1-12(8-9-6-10(14)7-9)11(15)13-4-2-3-5-13/h9-10,14H,2-8H2,1H3. The molecule has 0 radical (unpaired) electrons. The molecule has 1 N–H and O–H groups in total. The van der Waals surface area contributed by atoms with Crippen LogP contribution >= 0.6 is 0 Å². The minimum absolute atomic E-state index is 0.120. The fourth-order valence-corrected chi connectivity index (χ4v) is 2.46. The van der Waals surface area contributed by atoms with Crippen LogP contribution in [0.3, 0.4) is 0 Å². The van der Waals surface area contributed by atoms with Crippen molar-refractivity contribution < 1.29 is 9.90 Å². The highest BCUT2D eigenvalue weighted by Gasteiger charge is 2.30. The molecule has 15 heavy (non-hydrogen) atoms. The summed E-state index contributed by atoms with van der Waals surface area (Å²) < 4.78 is 0. The number of likely N-dealkylation sites (tertiary alicyclic amines) is 1. The zero-order valence-electron chi connectivity index (χ0n) is 9.35. The number of hydrogen-bond donors (Lipinski definition) is 1. The van der Waals surface area contributed by atoms with E-state index in [0.29, 0.717) is 5.92 Å². The fraction of sp³-hybridized carbons (Fsp3) is 0.909. The minimum atomic E-state index is -0.120. The van der Waals surface area contributed by atoms with Crippen LogP contribution in [0.1, 0.15) is 25.7 Å². The molecule has 2 aliphatic rings. The Balaban J connectivity index is 1.74. The van der Waals surface area contributed by atoms with Gasteiger partial charge in [0.1, 0.15) is 0 Å². The quantitative estimate of drug-likeness (QED) is 0.739. The largest absolute Gasteiger partial charge is 0.393 e. The third-order valence-corrected chi connectivity index (χ3v) is 3.45. The predicted molar refractivity (Wildman–Crippen MR) is 57.6 cm³/mol. The summed E-state index contributed by atoms with van der Waals surface area (Å²) in [7, 11) is 1.87. The van der Waals surface area contributed by atoms with Gasteiger partial charge >= 0.3 is 6.03 Å². The Kier molecular flexibility index (Phi) is 3.14. The maximum Gasteiger partial charge on any atom is 0.319 e. The van der Waals surface area contributed by atoms with Crippen molar-refractivity contribution in [1.29, 1.82) is 0 Å². The molecule has 4 nitrogen and oxygen atoms in total. The third-order valence-electron chi connectivity index (χ3n) is 3.45. The topological polar surface area (TPSA) is 43.8 Å². The highest BCUT2D eigenvalue weighted by atomic mass is 16.3. The highest BCUT2D eigenvalue weighted by Crippen LogP contribution is 2.27. The summed E-state index contributed by atoms with van der Waals surface area (Å²) in [5.41, 5.74) is 0. The van der Waals surface area contributed by atoms with Crippen molar-refractivity contribution in [1.82, 2.24) is 9.80 Å². The molecule has 1 aliphatic carbocycles. The molecule has 86 valence electrons. The zero-order chi connectivity index (χ0) is 10.8. The van der Waals surface area contributed by atoms with Gasteiger partial charge in [-0.3, -0.25) is 0 Å². The smallest absolute Gasteiger partial charge is 0.319 e. The number of aliphatic hydroxyl groups excluding tert-OH is 1. The lowest BCUT2D eigenvalue weighted by Gasteiger charge is -2.35. The molecule has 0 spiro atoms. The lowest BCUT2D eigenvalue weighted by Crippen LogP contribution is -2.44. The lowest BCUT2D eigenvalue weighted by atomic mass is 9.82. The number of carbonyl (C=O) groups excluding carboxylic acids is 1. The summed E-state index contributed by atoms with van der Waals surface area (Å²) in [6, 6.07) is 0.161. The number of amides is 2. The van der Waals surface area contributed by atoms with Crippen molar-refractivity contribution in [2.24, 2.45) is 5.92 Å². The molecule has 0 aromatic rings. The molecule has 1 heterocycles. The van der Waals surface area contributed by atoms with E-state index in [9.17, 15) is 4.79 Å². The van der Waals surface area contributed by atoms with Gasteiger partial charge in [0.15, 0.2) is 0 Å². The van der Waals surface area contributed by atoms with Crippen LogP contribution in [0.2, 0.25) is 0 Å². The second-order valence-corrected chi connectivity index (χ2v) is 4.85. The van der Waals surface area contributed by atoms with Crippen molar-refractivity contribution in [3.63, 3.8) is 0 Å². The fourth-order valence-electron chi connectivity index (χ4n) is 2.46. The van der Waals surface area contributed by atoms with Crippen molar-refractivity contribution in [2.45, 2.75) is 31.8 Å². The van der Waals surface area contributed by atoms with Gasteiger partial charge in [-0.15, -0.1) is 0 Å². The van der Waals surface area contributed by atoms with Gasteiger partial charge in [0.2, 0.25) is 0 Å². The Morgan fingerprint density at radius 2 is 2.00 bits per heavy atom. The van der Waals surface area contributed by atoms with Crippen LogP contribution in [0.5, 0.6) is 0 Å². The number of nitrogens with zero attached hydrogens (tertiary/aromatic N) is 2. The number of urea groups is 1. The normalized spacial score (nSPS) is 30.1. The Bertz CT molecular complexity index is 233. The Labute approximate surface area is 90.9 Å². The molecular formula is C11H20N2O2. The van der Waals surface area contributed by atoms with Gasteiger partial charge in [0, 0.05) is 26.7 Å². The van der Waals surface area contributed by atoms with Gasteiger partial charge in [-0.2, -0.15) is 0 Å². The zero-order valence-corrected chi connectivity index (χ0v) is 9.35. The van der Waals surface area contributed by atoms with E-state index in [1.807, 2.05) is 16.8 Å². The molecule has 1 saturated carbocycles. The summed E-state index contributed by atoms with van der Waals surface area (Å²) >= 11 is 0. The van der Waals surface area contributed by atoms with E-state index in [2.05, 4.69) is 0 Å². The molecular weight excluding hydrogens is 192 g/mol. The maximum absolute atomic E-state index is 11.9. The van der Waals surface area contributed by atoms with Crippen LogP contribution in [-0.2, 0) is 0 Å². The van der Waals surface area contributed by atoms with Gasteiger partial charge < -0.3 is 14.9 Å². The molecule has 1 aliphatic heterocycles. The van der Waals surface area contributed by atoms with Crippen molar-refractivity contribution in [2.75, 3.05) is 26.7 Å². The summed E-state index contributed by atoms with van der Waals surface area (Å²) in [4.78, 5) is 15.6. The van der Waals surface area contributed by atoms with Crippen molar-refractivity contribution >= 4 is 6.03 Å². The van der Waals surface area contributed by atoms with Crippen LogP contribution in [0.25, 0.3) is 0 Å². The van der Waals surface area contributed by atoms with Crippen LogP contribution in [-0.4, -0.2) is 53.7 Å². The summed E-state index contributed by atoms with van der Waals surface area (Å²) in [6.07, 6.45) is 3.88. The molecule has 0 aromatic heterocycles. The monoisotopic (exact) mass is 212 g/mol. The average molecular weight is 212 g/mol. The second-order valence-electron chi connectivity index (χ2n) is 4.85. The number of aliphatic hydroxyl groups is 1. The molecule has 4 heteroatoms. The van der Waals surface area contributed by atoms with Crippen LogP contribution < -0.4 is 0 Å². The summed E-state index contributed by atoms with van der Waals surface area (Å²) in [5.74, 6) is 0.511. The Hall–Kier alpha value is -0.770. The van der Waals surface area contributed by atoms with Crippen LogP contribution in [0, 0.1) is 5.92 Å². The van der Waals surface area contributed by atoms with Crippen molar-refractivity contribution in [3.05, 3.63) is 0 Å². The van der Waals surface area contributed by atoms with Gasteiger partial charge in [-0.1, -0.05) is 0 Å². The Morgan fingerprint density at radius 1 is 1.40 bits per heavy atom. The van der Waals surface area contributed by atoms with E-state index in [1.165, 1.54) is 0 Å². The summed E-state index contributed by atoms with van der Waals surface area (Å²) in [6.45, 7) is 2.62. The molecule has 0 unspecified atom stereocenters. The van der Waals surface area contributed by atoms with E-state index < -0.39 is 0 Å². The van der Waals surface area contributed by atoms with E-state index >= 15 is 0 Å². The molecule has 2 amide bonds. The molecule has 2 fully saturated rings. The first-order valence-electron chi connectivity index (χ1n) is 5.85. The average Bonchev–Trinajstić information content (AvgIpc) is 2.66. The molecule has 1 saturated heterocycles. The minimum Gasteiger partial charge on any atom is -0.393 e. The van der Waals surface area contributed by atoms with Gasteiger partial charge in [0.25, 0.3) is 0 Å². The Morgan fingerprint density at radius 3 is 2.53 bits per heavy atom. The number of carbonyl (C=O) groups is 1. The van der Waals surface area contributed by atoms with Gasteiger partial charge in [-0.25, -0.2) is 4.79 Å². The summed E-state index contributed by atoms with van der Waals surface area (Å²) in [5, 5.41) is 9.17. The van der Waals surface area contributed by atoms with Crippen LogP contribution in [0.4, 0.5) is 4.79 Å². The lowest BCUT2D eigenvalue weighted by molar-refractivity contribution is 0.0306. The number of rotatable bonds is 2. The van der Waals surface area contributed by atoms with Gasteiger partial charge in [-0.05, 0) is 31.6 Å². The van der Waals surface area contributed by atoms with Crippen molar-refractivity contribution in [3.8, 4) is 0 Å². The van der Waals surface area contributed by atoms with E-state index in [1.54, 1.807) is 0 Å². The second kappa shape index (κ2) is 4.39. The molecule has 0 aromatic carbocycles. The first-order chi connectivity index (χ1) is 7.16.